The molecule has 5 aliphatic rings. The number of rotatable bonds is 3. The van der Waals surface area contributed by atoms with E-state index in [0.717, 1.165) is 57.8 Å². The van der Waals surface area contributed by atoms with Crippen molar-refractivity contribution in [1.82, 2.24) is 0 Å². The van der Waals surface area contributed by atoms with E-state index < -0.39 is 17.0 Å². The van der Waals surface area contributed by atoms with Crippen LogP contribution in [-0.2, 0) is 4.79 Å². The summed E-state index contributed by atoms with van der Waals surface area (Å²) in [6.07, 6.45) is 11.1. The molecule has 11 atom stereocenters. The number of aliphatic hydroxyl groups is 2. The van der Waals surface area contributed by atoms with E-state index >= 15 is 0 Å². The summed E-state index contributed by atoms with van der Waals surface area (Å²) in [6.45, 7) is 17.9. The highest BCUT2D eigenvalue weighted by molar-refractivity contribution is 5.76. The van der Waals surface area contributed by atoms with E-state index in [1.807, 2.05) is 6.92 Å². The van der Waals surface area contributed by atoms with E-state index in [0.29, 0.717) is 24.2 Å². The average molecular weight is 487 g/mol. The molecule has 5 rings (SSSR count). The topological polar surface area (TPSA) is 77.8 Å². The van der Waals surface area contributed by atoms with Crippen LogP contribution in [0.5, 0.6) is 0 Å². The molecule has 4 nitrogen and oxygen atoms in total. The van der Waals surface area contributed by atoms with Crippen molar-refractivity contribution in [2.24, 2.45) is 56.7 Å². The molecule has 0 spiro atoms. The Bertz CT molecular complexity index is 908. The van der Waals surface area contributed by atoms with Crippen LogP contribution < -0.4 is 0 Å². The van der Waals surface area contributed by atoms with Crippen LogP contribution in [0.25, 0.3) is 0 Å². The van der Waals surface area contributed by atoms with Crippen molar-refractivity contribution in [3.05, 3.63) is 12.7 Å². The summed E-state index contributed by atoms with van der Waals surface area (Å²) in [6, 6.07) is 0. The van der Waals surface area contributed by atoms with Crippen molar-refractivity contribution in [1.29, 1.82) is 0 Å². The van der Waals surface area contributed by atoms with Gasteiger partial charge in [-0.1, -0.05) is 40.7 Å². The van der Waals surface area contributed by atoms with E-state index in [1.165, 1.54) is 0 Å². The molecule has 0 aromatic rings. The number of carboxylic acids is 1. The minimum absolute atomic E-state index is 0.000302. The van der Waals surface area contributed by atoms with Crippen LogP contribution >= 0.6 is 0 Å². The second-order valence-corrected chi connectivity index (χ2v) is 15.1. The monoisotopic (exact) mass is 486 g/mol. The minimum Gasteiger partial charge on any atom is -0.481 e. The van der Waals surface area contributed by atoms with Crippen LogP contribution in [0.2, 0.25) is 0 Å². The minimum atomic E-state index is -1.04. The van der Waals surface area contributed by atoms with E-state index in [4.69, 9.17) is 0 Å². The molecule has 5 fully saturated rings. The summed E-state index contributed by atoms with van der Waals surface area (Å²) >= 11 is 0. The molecule has 0 bridgehead atoms. The Morgan fingerprint density at radius 1 is 0.886 bits per heavy atom. The van der Waals surface area contributed by atoms with Crippen molar-refractivity contribution in [3.63, 3.8) is 0 Å². The van der Waals surface area contributed by atoms with Crippen molar-refractivity contribution in [3.8, 4) is 0 Å². The molecular formula is C31H50O4. The fourth-order valence-electron chi connectivity index (χ4n) is 11.8. The van der Waals surface area contributed by atoms with Gasteiger partial charge in [0.25, 0.3) is 0 Å². The standard InChI is InChI=1S/C31H50O4/c1-8-30(7,35)20-11-16-31(25(33)34)18-17-28(5)19(24(20)31)9-10-22-27(4)14-13-23(32)26(2,3)21(27)12-15-29(22,28)6/h8,19-24,32,35H,1,9-18H2,2-7H3,(H,33,34). The predicted molar refractivity (Wildman–Crippen MR) is 139 cm³/mol. The molecule has 0 aromatic carbocycles. The number of fused-ring (bicyclic) bond motifs is 7. The summed E-state index contributed by atoms with van der Waals surface area (Å²) < 4.78 is 0. The van der Waals surface area contributed by atoms with Gasteiger partial charge in [-0.15, -0.1) is 6.58 Å². The molecule has 5 aliphatic carbocycles. The van der Waals surface area contributed by atoms with Gasteiger partial charge >= 0.3 is 5.97 Å². The molecule has 5 saturated carbocycles. The maximum absolute atomic E-state index is 12.9. The van der Waals surface area contributed by atoms with Gasteiger partial charge in [-0.05, 0) is 122 Å². The van der Waals surface area contributed by atoms with Crippen molar-refractivity contribution >= 4 is 5.97 Å². The molecule has 0 saturated heterocycles. The van der Waals surface area contributed by atoms with Gasteiger partial charge in [0.05, 0.1) is 17.1 Å². The molecule has 3 N–H and O–H groups in total. The van der Waals surface area contributed by atoms with Gasteiger partial charge in [-0.2, -0.15) is 0 Å². The second-order valence-electron chi connectivity index (χ2n) is 15.1. The largest absolute Gasteiger partial charge is 0.481 e. The number of carboxylic acid groups (broad SMARTS) is 1. The van der Waals surface area contributed by atoms with E-state index in [9.17, 15) is 20.1 Å². The van der Waals surface area contributed by atoms with Gasteiger partial charge in [0, 0.05) is 0 Å². The smallest absolute Gasteiger partial charge is 0.309 e. The Hall–Kier alpha value is -0.870. The van der Waals surface area contributed by atoms with Crippen LogP contribution in [0.1, 0.15) is 106 Å². The lowest BCUT2D eigenvalue weighted by Gasteiger charge is -2.72. The Morgan fingerprint density at radius 2 is 1.57 bits per heavy atom. The Labute approximate surface area is 213 Å². The number of hydrogen-bond acceptors (Lipinski definition) is 3. The summed E-state index contributed by atoms with van der Waals surface area (Å²) in [7, 11) is 0. The maximum atomic E-state index is 12.9. The number of carbonyl (C=O) groups is 1. The molecule has 35 heavy (non-hydrogen) atoms. The number of aliphatic hydroxyl groups excluding tert-OH is 1. The van der Waals surface area contributed by atoms with Gasteiger partial charge in [0.15, 0.2) is 0 Å². The number of hydrogen-bond donors (Lipinski definition) is 3. The first-order valence-electron chi connectivity index (χ1n) is 14.4. The lowest BCUT2D eigenvalue weighted by molar-refractivity contribution is -0.251. The fourth-order valence-corrected chi connectivity index (χ4v) is 11.8. The predicted octanol–water partition coefficient (Wildman–Crippen LogP) is 6.45. The van der Waals surface area contributed by atoms with Crippen molar-refractivity contribution in [2.45, 2.75) is 117 Å². The first kappa shape index (κ1) is 25.8. The Morgan fingerprint density at radius 3 is 2.20 bits per heavy atom. The van der Waals surface area contributed by atoms with Crippen LogP contribution in [0.15, 0.2) is 12.7 Å². The second kappa shape index (κ2) is 7.59. The lowest BCUT2D eigenvalue weighted by atomic mass is 9.32. The van der Waals surface area contributed by atoms with Crippen LogP contribution in [0.3, 0.4) is 0 Å². The van der Waals surface area contributed by atoms with Crippen molar-refractivity contribution < 1.29 is 20.1 Å². The molecule has 11 unspecified atom stereocenters. The van der Waals surface area contributed by atoms with E-state index in [-0.39, 0.29) is 39.6 Å². The van der Waals surface area contributed by atoms with Gasteiger partial charge in [0.1, 0.15) is 0 Å². The fraction of sp³-hybridized carbons (Fsp3) is 0.903. The third-order valence-electron chi connectivity index (χ3n) is 14.0. The first-order chi connectivity index (χ1) is 16.1. The van der Waals surface area contributed by atoms with Gasteiger partial charge < -0.3 is 15.3 Å². The normalized spacial score (nSPS) is 54.4. The zero-order valence-corrected chi connectivity index (χ0v) is 23.1. The summed E-state index contributed by atoms with van der Waals surface area (Å²) in [5, 5.41) is 32.9. The number of aliphatic carboxylic acids is 1. The zero-order valence-electron chi connectivity index (χ0n) is 23.1. The highest BCUT2D eigenvalue weighted by atomic mass is 16.4. The molecule has 0 radical (unpaired) electrons. The molecule has 0 heterocycles. The SMILES string of the molecule is C=CC(C)(O)C1CCC2(C(=O)O)CCC3(C)C(CCC4C5(C)CCC(O)C(C)(C)C5CCC43C)C12. The molecule has 0 amide bonds. The van der Waals surface area contributed by atoms with E-state index in [1.54, 1.807) is 6.08 Å². The third-order valence-corrected chi connectivity index (χ3v) is 14.0. The zero-order chi connectivity index (χ0) is 25.8. The molecular weight excluding hydrogens is 436 g/mol. The first-order valence-corrected chi connectivity index (χ1v) is 14.4. The highest BCUT2D eigenvalue weighted by Gasteiger charge is 2.72. The van der Waals surface area contributed by atoms with Gasteiger partial charge in [0.2, 0.25) is 0 Å². The van der Waals surface area contributed by atoms with Crippen molar-refractivity contribution in [2.75, 3.05) is 0 Å². The summed E-state index contributed by atoms with van der Waals surface area (Å²) in [4.78, 5) is 12.9. The van der Waals surface area contributed by atoms with Crippen LogP contribution in [0, 0.1) is 56.7 Å². The third kappa shape index (κ3) is 3.02. The Kier molecular flexibility index (Phi) is 5.59. The van der Waals surface area contributed by atoms with Gasteiger partial charge in [-0.25, -0.2) is 0 Å². The van der Waals surface area contributed by atoms with Gasteiger partial charge in [-0.3, -0.25) is 4.79 Å². The lowest BCUT2D eigenvalue weighted by Crippen LogP contribution is -2.67. The Balaban J connectivity index is 1.58. The molecule has 4 heteroatoms. The molecule has 0 aromatic heterocycles. The maximum Gasteiger partial charge on any atom is 0.309 e. The molecule has 0 aliphatic heterocycles. The quantitative estimate of drug-likeness (QED) is 0.401. The van der Waals surface area contributed by atoms with E-state index in [2.05, 4.69) is 41.2 Å². The highest BCUT2D eigenvalue weighted by Crippen LogP contribution is 2.77. The summed E-state index contributed by atoms with van der Waals surface area (Å²) in [5.74, 6) is 0.752. The molecule has 198 valence electrons. The van der Waals surface area contributed by atoms with Crippen LogP contribution in [0.4, 0.5) is 0 Å². The summed E-state index contributed by atoms with van der Waals surface area (Å²) in [5.41, 5.74) is -1.37. The average Bonchev–Trinajstić information content (AvgIpc) is 3.19. The van der Waals surface area contributed by atoms with Crippen LogP contribution in [-0.4, -0.2) is 33.0 Å².